The number of phenols is 1. The van der Waals surface area contributed by atoms with E-state index in [9.17, 15) is 9.90 Å². The van der Waals surface area contributed by atoms with E-state index < -0.39 is 0 Å². The molecule has 6 heteroatoms. The number of aromatic amines is 1. The molecule has 6 rings (SSSR count). The molecule has 0 bridgehead atoms. The summed E-state index contributed by atoms with van der Waals surface area (Å²) in [6, 6.07) is 28.1. The molecule has 1 fully saturated rings. The van der Waals surface area contributed by atoms with Gasteiger partial charge >= 0.3 is 0 Å². The molecule has 3 aromatic carbocycles. The van der Waals surface area contributed by atoms with Crippen molar-refractivity contribution >= 4 is 16.8 Å². The number of amides is 1. The van der Waals surface area contributed by atoms with Crippen LogP contribution in [0.2, 0.25) is 0 Å². The Kier molecular flexibility index (Phi) is 6.63. The lowest BCUT2D eigenvalue weighted by Gasteiger charge is -2.34. The number of carbonyl (C=O) groups is 1. The minimum absolute atomic E-state index is 0.162. The van der Waals surface area contributed by atoms with Crippen LogP contribution in [0.1, 0.15) is 11.1 Å². The molecule has 2 aromatic heterocycles. The summed E-state index contributed by atoms with van der Waals surface area (Å²) >= 11 is 0. The first-order chi connectivity index (χ1) is 18.6. The zero-order chi connectivity index (χ0) is 25.9. The fourth-order valence-electron chi connectivity index (χ4n) is 5.20. The SMILES string of the molecule is O=C(Cc1ccc(-c2cccc(-c3cc4ccncc4[nH]3)c2O)cc1)N1CCN(Cc2ccccc2)CC1. The Morgan fingerprint density at radius 3 is 2.37 bits per heavy atom. The number of pyridine rings is 1. The second-order valence-corrected chi connectivity index (χ2v) is 9.86. The summed E-state index contributed by atoms with van der Waals surface area (Å²) in [6.45, 7) is 4.22. The number of para-hydroxylation sites is 1. The number of aromatic hydroxyl groups is 1. The number of benzene rings is 3. The van der Waals surface area contributed by atoms with Crippen LogP contribution in [0.3, 0.4) is 0 Å². The third kappa shape index (κ3) is 5.04. The van der Waals surface area contributed by atoms with Gasteiger partial charge in [0.2, 0.25) is 5.91 Å². The highest BCUT2D eigenvalue weighted by atomic mass is 16.3. The van der Waals surface area contributed by atoms with E-state index in [1.807, 2.05) is 65.6 Å². The van der Waals surface area contributed by atoms with Crippen LogP contribution >= 0.6 is 0 Å². The summed E-state index contributed by atoms with van der Waals surface area (Å²) in [4.78, 5) is 24.9. The zero-order valence-corrected chi connectivity index (χ0v) is 21.2. The lowest BCUT2D eigenvalue weighted by molar-refractivity contribution is -0.132. The second-order valence-electron chi connectivity index (χ2n) is 9.86. The molecular formula is C32H30N4O2. The van der Waals surface area contributed by atoms with Gasteiger partial charge in [0, 0.05) is 55.4 Å². The van der Waals surface area contributed by atoms with Gasteiger partial charge in [-0.3, -0.25) is 14.7 Å². The highest BCUT2D eigenvalue weighted by Crippen LogP contribution is 2.38. The lowest BCUT2D eigenvalue weighted by Crippen LogP contribution is -2.48. The summed E-state index contributed by atoms with van der Waals surface area (Å²) in [5.74, 6) is 0.388. The molecular weight excluding hydrogens is 472 g/mol. The molecule has 1 aliphatic heterocycles. The molecule has 6 nitrogen and oxygen atoms in total. The quantitative estimate of drug-likeness (QED) is 0.322. The molecule has 0 radical (unpaired) electrons. The minimum atomic E-state index is 0.162. The number of aromatic nitrogens is 2. The smallest absolute Gasteiger partial charge is 0.227 e. The van der Waals surface area contributed by atoms with Crippen molar-refractivity contribution in [3.8, 4) is 28.1 Å². The van der Waals surface area contributed by atoms with Crippen molar-refractivity contribution in [2.24, 2.45) is 0 Å². The normalized spacial score (nSPS) is 14.2. The standard InChI is InChI=1S/C32H30N4O2/c37-31(36-17-15-35(16-18-36)22-24-5-2-1-3-6-24)19-23-9-11-25(12-10-23)27-7-4-8-28(32(27)38)29-20-26-13-14-33-21-30(26)34-29/h1-14,20-21,34,38H,15-19,22H2. The van der Waals surface area contributed by atoms with Crippen molar-refractivity contribution in [3.63, 3.8) is 0 Å². The van der Waals surface area contributed by atoms with Gasteiger partial charge in [0.15, 0.2) is 0 Å². The number of phenolic OH excluding ortho intramolecular Hbond substituents is 1. The van der Waals surface area contributed by atoms with E-state index in [0.717, 1.165) is 71.6 Å². The maximum absolute atomic E-state index is 13.0. The number of rotatable bonds is 6. The van der Waals surface area contributed by atoms with Gasteiger partial charge in [-0.25, -0.2) is 0 Å². The predicted molar refractivity (Wildman–Crippen MR) is 151 cm³/mol. The topological polar surface area (TPSA) is 72.5 Å². The van der Waals surface area contributed by atoms with Gasteiger partial charge in [-0.05, 0) is 34.9 Å². The Labute approximate surface area is 222 Å². The number of fused-ring (bicyclic) bond motifs is 1. The largest absolute Gasteiger partial charge is 0.507 e. The Morgan fingerprint density at radius 1 is 0.842 bits per heavy atom. The first-order valence-electron chi connectivity index (χ1n) is 13.0. The van der Waals surface area contributed by atoms with Crippen molar-refractivity contribution in [1.29, 1.82) is 0 Å². The van der Waals surface area contributed by atoms with E-state index in [2.05, 4.69) is 39.1 Å². The summed E-state index contributed by atoms with van der Waals surface area (Å²) in [7, 11) is 0. The van der Waals surface area contributed by atoms with E-state index in [1.165, 1.54) is 5.56 Å². The average Bonchev–Trinajstić information content (AvgIpc) is 3.39. The first-order valence-corrected chi connectivity index (χ1v) is 13.0. The van der Waals surface area contributed by atoms with Crippen LogP contribution in [0, 0.1) is 0 Å². The maximum Gasteiger partial charge on any atom is 0.227 e. The number of nitrogens with zero attached hydrogens (tertiary/aromatic N) is 3. The molecule has 1 amide bonds. The number of H-pyrrole nitrogens is 1. The van der Waals surface area contributed by atoms with E-state index in [1.54, 1.807) is 12.4 Å². The fraction of sp³-hybridized carbons (Fsp3) is 0.188. The van der Waals surface area contributed by atoms with E-state index in [4.69, 9.17) is 0 Å². The van der Waals surface area contributed by atoms with Gasteiger partial charge in [0.1, 0.15) is 5.75 Å². The van der Waals surface area contributed by atoms with Gasteiger partial charge in [0.25, 0.3) is 0 Å². The fourth-order valence-corrected chi connectivity index (χ4v) is 5.20. The van der Waals surface area contributed by atoms with Crippen LogP contribution in [0.25, 0.3) is 33.3 Å². The summed E-state index contributed by atoms with van der Waals surface area (Å²) < 4.78 is 0. The molecule has 0 aliphatic carbocycles. The van der Waals surface area contributed by atoms with E-state index >= 15 is 0 Å². The molecule has 2 N–H and O–H groups in total. The molecule has 5 aromatic rings. The Hall–Kier alpha value is -4.42. The molecule has 0 spiro atoms. The molecule has 0 atom stereocenters. The van der Waals surface area contributed by atoms with Gasteiger partial charge in [-0.1, -0.05) is 66.7 Å². The van der Waals surface area contributed by atoms with Crippen molar-refractivity contribution < 1.29 is 9.90 Å². The van der Waals surface area contributed by atoms with Crippen LogP contribution < -0.4 is 0 Å². The Balaban J connectivity index is 1.10. The van der Waals surface area contributed by atoms with E-state index in [0.29, 0.717) is 6.42 Å². The number of piperazine rings is 1. The van der Waals surface area contributed by atoms with Crippen molar-refractivity contribution in [1.82, 2.24) is 19.8 Å². The van der Waals surface area contributed by atoms with Crippen molar-refractivity contribution in [2.75, 3.05) is 26.2 Å². The second kappa shape index (κ2) is 10.5. The average molecular weight is 503 g/mol. The third-order valence-electron chi connectivity index (χ3n) is 7.34. The van der Waals surface area contributed by atoms with Gasteiger partial charge in [-0.2, -0.15) is 0 Å². The molecule has 190 valence electrons. The van der Waals surface area contributed by atoms with Crippen LogP contribution in [0.5, 0.6) is 5.75 Å². The van der Waals surface area contributed by atoms with Crippen LogP contribution in [-0.4, -0.2) is 57.0 Å². The Morgan fingerprint density at radius 2 is 1.61 bits per heavy atom. The van der Waals surface area contributed by atoms with Crippen molar-refractivity contribution in [2.45, 2.75) is 13.0 Å². The maximum atomic E-state index is 13.0. The van der Waals surface area contributed by atoms with Gasteiger partial charge in [-0.15, -0.1) is 0 Å². The highest BCUT2D eigenvalue weighted by molar-refractivity contribution is 5.89. The van der Waals surface area contributed by atoms with Gasteiger partial charge in [0.05, 0.1) is 23.8 Å². The van der Waals surface area contributed by atoms with Crippen LogP contribution in [0.15, 0.2) is 97.3 Å². The molecule has 3 heterocycles. The lowest BCUT2D eigenvalue weighted by atomic mass is 9.98. The number of nitrogens with one attached hydrogen (secondary N) is 1. The third-order valence-corrected chi connectivity index (χ3v) is 7.34. The van der Waals surface area contributed by atoms with Crippen LogP contribution in [0.4, 0.5) is 0 Å². The number of hydrogen-bond donors (Lipinski definition) is 2. The molecule has 0 unspecified atom stereocenters. The zero-order valence-electron chi connectivity index (χ0n) is 21.2. The minimum Gasteiger partial charge on any atom is -0.507 e. The summed E-state index contributed by atoms with van der Waals surface area (Å²) in [5.41, 5.74) is 6.47. The molecule has 1 saturated heterocycles. The summed E-state index contributed by atoms with van der Waals surface area (Å²) in [5, 5.41) is 12.2. The summed E-state index contributed by atoms with van der Waals surface area (Å²) in [6.07, 6.45) is 3.92. The number of hydrogen-bond acceptors (Lipinski definition) is 4. The van der Waals surface area contributed by atoms with Crippen molar-refractivity contribution in [3.05, 3.63) is 108 Å². The van der Waals surface area contributed by atoms with Gasteiger partial charge < -0.3 is 15.0 Å². The monoisotopic (exact) mass is 502 g/mol. The molecule has 38 heavy (non-hydrogen) atoms. The molecule has 0 saturated carbocycles. The first kappa shape index (κ1) is 23.9. The highest BCUT2D eigenvalue weighted by Gasteiger charge is 2.21. The molecule has 1 aliphatic rings. The number of carbonyl (C=O) groups excluding carboxylic acids is 1. The van der Waals surface area contributed by atoms with E-state index in [-0.39, 0.29) is 11.7 Å². The van der Waals surface area contributed by atoms with Crippen LogP contribution in [-0.2, 0) is 17.8 Å². The predicted octanol–water partition coefficient (Wildman–Crippen LogP) is 5.49. The Bertz CT molecular complexity index is 1520.